The number of rotatable bonds is 8. The molecule has 3 aromatic rings. The molecule has 0 radical (unpaired) electrons. The van der Waals surface area contributed by atoms with E-state index >= 15 is 0 Å². The van der Waals surface area contributed by atoms with Crippen molar-refractivity contribution in [2.45, 2.75) is 31.3 Å². The van der Waals surface area contributed by atoms with Crippen molar-refractivity contribution in [3.63, 3.8) is 0 Å². The van der Waals surface area contributed by atoms with Gasteiger partial charge >= 0.3 is 0 Å². The fourth-order valence-electron chi connectivity index (χ4n) is 2.62. The second-order valence-corrected chi connectivity index (χ2v) is 8.29. The zero-order valence-electron chi connectivity index (χ0n) is 16.9. The van der Waals surface area contributed by atoms with Crippen LogP contribution in [0.1, 0.15) is 19.0 Å². The number of sulfonamides is 1. The highest BCUT2D eigenvalue weighted by molar-refractivity contribution is 7.92. The number of halogens is 1. The standard InChI is InChI=1S/C21H21FN4O4S/c1-3-19(30-17-8-4-15(22)5-9-17)20(27)25-16-6-10-18(11-7-16)31(28,29)26-21-23-13-12-14(2)24-21/h4-13,19H,3H2,1-2H3,(H,25,27)(H,23,24,26)/t19-/m1/s1. The van der Waals surface area contributed by atoms with Crippen LogP contribution < -0.4 is 14.8 Å². The fourth-order valence-corrected chi connectivity index (χ4v) is 3.57. The van der Waals surface area contributed by atoms with Gasteiger partial charge in [0.15, 0.2) is 6.10 Å². The van der Waals surface area contributed by atoms with Gasteiger partial charge in [-0.3, -0.25) is 4.79 Å². The lowest BCUT2D eigenvalue weighted by Gasteiger charge is -2.17. The maximum absolute atomic E-state index is 13.0. The minimum atomic E-state index is -3.88. The van der Waals surface area contributed by atoms with Gasteiger partial charge in [0.1, 0.15) is 11.6 Å². The SMILES string of the molecule is CC[C@@H](Oc1ccc(F)cc1)C(=O)Nc1ccc(S(=O)(=O)Nc2nccc(C)n2)cc1. The van der Waals surface area contributed by atoms with Gasteiger partial charge in [-0.25, -0.2) is 27.5 Å². The first-order chi connectivity index (χ1) is 14.8. The average Bonchev–Trinajstić information content (AvgIpc) is 2.73. The van der Waals surface area contributed by atoms with Crippen molar-refractivity contribution in [2.75, 3.05) is 10.0 Å². The first-order valence-corrected chi connectivity index (χ1v) is 10.9. The molecule has 0 bridgehead atoms. The van der Waals surface area contributed by atoms with E-state index in [1.807, 2.05) is 0 Å². The third-order valence-electron chi connectivity index (χ3n) is 4.21. The summed E-state index contributed by atoms with van der Waals surface area (Å²) >= 11 is 0. The van der Waals surface area contributed by atoms with E-state index in [0.717, 1.165) is 0 Å². The van der Waals surface area contributed by atoms with Gasteiger partial charge in [0.2, 0.25) is 5.95 Å². The molecule has 0 saturated carbocycles. The van der Waals surface area contributed by atoms with Crippen LogP contribution in [0.25, 0.3) is 0 Å². The predicted octanol–water partition coefficient (Wildman–Crippen LogP) is 3.52. The highest BCUT2D eigenvalue weighted by atomic mass is 32.2. The number of benzene rings is 2. The molecule has 0 aliphatic heterocycles. The van der Waals surface area contributed by atoms with Crippen LogP contribution in [0.4, 0.5) is 16.0 Å². The van der Waals surface area contributed by atoms with Crippen molar-refractivity contribution < 1.29 is 22.3 Å². The number of carbonyl (C=O) groups excluding carboxylic acids is 1. The van der Waals surface area contributed by atoms with Gasteiger partial charge in [-0.2, -0.15) is 0 Å². The van der Waals surface area contributed by atoms with E-state index in [1.54, 1.807) is 19.9 Å². The first kappa shape index (κ1) is 22.2. The van der Waals surface area contributed by atoms with E-state index in [-0.39, 0.29) is 10.8 Å². The summed E-state index contributed by atoms with van der Waals surface area (Å²) in [7, 11) is -3.88. The number of aryl methyl sites for hydroxylation is 1. The lowest BCUT2D eigenvalue weighted by Crippen LogP contribution is -2.32. The minimum Gasteiger partial charge on any atom is -0.481 e. The molecule has 0 aliphatic carbocycles. The van der Waals surface area contributed by atoms with Gasteiger partial charge in [-0.1, -0.05) is 6.92 Å². The fraction of sp³-hybridized carbons (Fsp3) is 0.190. The molecule has 0 saturated heterocycles. The van der Waals surface area contributed by atoms with Crippen LogP contribution in [-0.2, 0) is 14.8 Å². The lowest BCUT2D eigenvalue weighted by molar-refractivity contribution is -0.122. The number of nitrogens with one attached hydrogen (secondary N) is 2. The molecule has 3 rings (SSSR count). The van der Waals surface area contributed by atoms with Crippen LogP contribution in [0.15, 0.2) is 65.7 Å². The molecule has 162 valence electrons. The van der Waals surface area contributed by atoms with E-state index < -0.39 is 27.9 Å². The Bertz CT molecular complexity index is 1150. The minimum absolute atomic E-state index is 0.00907. The van der Waals surface area contributed by atoms with Crippen molar-refractivity contribution in [1.82, 2.24) is 9.97 Å². The van der Waals surface area contributed by atoms with Crippen molar-refractivity contribution >= 4 is 27.6 Å². The van der Waals surface area contributed by atoms with E-state index in [4.69, 9.17) is 4.74 Å². The summed E-state index contributed by atoms with van der Waals surface area (Å²) in [5.41, 5.74) is 1.02. The normalized spacial score (nSPS) is 12.1. The molecule has 0 unspecified atom stereocenters. The van der Waals surface area contributed by atoms with E-state index in [2.05, 4.69) is 20.0 Å². The molecule has 2 N–H and O–H groups in total. The van der Waals surface area contributed by atoms with Crippen LogP contribution in [0, 0.1) is 12.7 Å². The van der Waals surface area contributed by atoms with Gasteiger partial charge in [0, 0.05) is 17.6 Å². The Hall–Kier alpha value is -3.53. The molecule has 1 aromatic heterocycles. The Morgan fingerprint density at radius 3 is 2.39 bits per heavy atom. The van der Waals surface area contributed by atoms with Crippen molar-refractivity contribution in [2.24, 2.45) is 0 Å². The van der Waals surface area contributed by atoms with E-state index in [0.29, 0.717) is 23.6 Å². The van der Waals surface area contributed by atoms with Crippen molar-refractivity contribution in [3.05, 3.63) is 72.3 Å². The molecule has 0 aliphatic rings. The van der Waals surface area contributed by atoms with Crippen molar-refractivity contribution in [1.29, 1.82) is 0 Å². The molecule has 1 heterocycles. The van der Waals surface area contributed by atoms with Crippen LogP contribution in [0.3, 0.4) is 0 Å². The number of hydrogen-bond acceptors (Lipinski definition) is 6. The number of carbonyl (C=O) groups is 1. The molecular formula is C21H21FN4O4S. The Kier molecular flexibility index (Phi) is 6.81. The van der Waals surface area contributed by atoms with E-state index in [1.165, 1.54) is 54.7 Å². The second-order valence-electron chi connectivity index (χ2n) is 6.61. The van der Waals surface area contributed by atoms with Gasteiger partial charge < -0.3 is 10.1 Å². The summed E-state index contributed by atoms with van der Waals surface area (Å²) in [5.74, 6) is -0.465. The molecular weight excluding hydrogens is 423 g/mol. The number of ether oxygens (including phenoxy) is 1. The van der Waals surface area contributed by atoms with Crippen LogP contribution in [0.2, 0.25) is 0 Å². The first-order valence-electron chi connectivity index (χ1n) is 9.42. The summed E-state index contributed by atoms with van der Waals surface area (Å²) in [4.78, 5) is 20.4. The molecule has 8 nitrogen and oxygen atoms in total. The third kappa shape index (κ3) is 5.98. The monoisotopic (exact) mass is 444 g/mol. The Labute approximate surface area is 179 Å². The summed E-state index contributed by atoms with van der Waals surface area (Å²) < 4.78 is 45.9. The predicted molar refractivity (Wildman–Crippen MR) is 114 cm³/mol. The molecule has 2 aromatic carbocycles. The summed E-state index contributed by atoms with van der Waals surface area (Å²) in [6, 6.07) is 12.7. The summed E-state index contributed by atoms with van der Waals surface area (Å²) in [6.45, 7) is 3.50. The number of aromatic nitrogens is 2. The van der Waals surface area contributed by atoms with Crippen LogP contribution in [-0.4, -0.2) is 30.4 Å². The topological polar surface area (TPSA) is 110 Å². The van der Waals surface area contributed by atoms with Gasteiger partial charge in [-0.05, 0) is 67.9 Å². The maximum Gasteiger partial charge on any atom is 0.265 e. The van der Waals surface area contributed by atoms with Gasteiger partial charge in [-0.15, -0.1) is 0 Å². The Morgan fingerprint density at radius 1 is 1.10 bits per heavy atom. The highest BCUT2D eigenvalue weighted by Crippen LogP contribution is 2.19. The highest BCUT2D eigenvalue weighted by Gasteiger charge is 2.20. The largest absolute Gasteiger partial charge is 0.481 e. The third-order valence-corrected chi connectivity index (χ3v) is 5.55. The average molecular weight is 444 g/mol. The van der Waals surface area contributed by atoms with Gasteiger partial charge in [0.05, 0.1) is 4.90 Å². The molecule has 10 heteroatoms. The molecule has 0 fully saturated rings. The lowest BCUT2D eigenvalue weighted by atomic mass is 10.2. The van der Waals surface area contributed by atoms with Crippen LogP contribution >= 0.6 is 0 Å². The molecule has 0 spiro atoms. The van der Waals surface area contributed by atoms with E-state index in [9.17, 15) is 17.6 Å². The Balaban J connectivity index is 1.66. The smallest absolute Gasteiger partial charge is 0.265 e. The zero-order valence-corrected chi connectivity index (χ0v) is 17.7. The Morgan fingerprint density at radius 2 is 1.77 bits per heavy atom. The molecule has 1 atom stereocenters. The summed E-state index contributed by atoms with van der Waals surface area (Å²) in [6.07, 6.45) is 1.04. The van der Waals surface area contributed by atoms with Crippen molar-refractivity contribution in [3.8, 4) is 5.75 Å². The number of nitrogens with zero attached hydrogens (tertiary/aromatic N) is 2. The van der Waals surface area contributed by atoms with Crippen LogP contribution in [0.5, 0.6) is 5.75 Å². The maximum atomic E-state index is 13.0. The molecule has 1 amide bonds. The number of anilines is 2. The number of amides is 1. The molecule has 31 heavy (non-hydrogen) atoms. The number of hydrogen-bond donors (Lipinski definition) is 2. The van der Waals surface area contributed by atoms with Gasteiger partial charge in [0.25, 0.3) is 15.9 Å². The zero-order chi connectivity index (χ0) is 22.4. The second kappa shape index (κ2) is 9.52. The summed E-state index contributed by atoms with van der Waals surface area (Å²) in [5, 5.41) is 2.68. The quantitative estimate of drug-likeness (QED) is 0.550.